The van der Waals surface area contributed by atoms with Crippen molar-refractivity contribution in [3.8, 4) is 0 Å². The van der Waals surface area contributed by atoms with Crippen LogP contribution in [0.3, 0.4) is 0 Å². The Morgan fingerprint density at radius 2 is 1.93 bits per heavy atom. The van der Waals surface area contributed by atoms with Crippen molar-refractivity contribution in [3.05, 3.63) is 23.5 Å². The molecule has 0 aromatic rings. The Balaban J connectivity index is 1.67. The van der Waals surface area contributed by atoms with Crippen LogP contribution in [0.4, 0.5) is 0 Å². The second kappa shape index (κ2) is 6.79. The number of carbonyl (C=O) groups excluding carboxylic acids is 2. The second-order valence-corrected chi connectivity index (χ2v) is 9.93. The molecular formula is C23H32O3S. The molecule has 148 valence electrons. The zero-order valence-corrected chi connectivity index (χ0v) is 17.7. The number of ether oxygens (including phenoxy) is 1. The van der Waals surface area contributed by atoms with E-state index in [0.717, 1.165) is 44.3 Å². The number of thiol groups is 1. The van der Waals surface area contributed by atoms with Gasteiger partial charge in [-0.2, -0.15) is 0 Å². The van der Waals surface area contributed by atoms with Gasteiger partial charge in [-0.3, -0.25) is 9.59 Å². The van der Waals surface area contributed by atoms with Gasteiger partial charge in [-0.25, -0.2) is 0 Å². The van der Waals surface area contributed by atoms with Crippen molar-refractivity contribution < 1.29 is 14.3 Å². The first-order valence-corrected chi connectivity index (χ1v) is 11.1. The van der Waals surface area contributed by atoms with E-state index >= 15 is 0 Å². The Morgan fingerprint density at radius 1 is 1.15 bits per heavy atom. The lowest BCUT2D eigenvalue weighted by Crippen LogP contribution is -2.51. The molecule has 0 aromatic heterocycles. The van der Waals surface area contributed by atoms with E-state index in [9.17, 15) is 9.59 Å². The van der Waals surface area contributed by atoms with Crippen LogP contribution in [0, 0.1) is 34.5 Å². The molecule has 0 bridgehead atoms. The highest BCUT2D eigenvalue weighted by Crippen LogP contribution is 2.67. The molecule has 0 aliphatic heterocycles. The number of hydrogen-bond acceptors (Lipinski definition) is 3. The number of esters is 1. The molecule has 0 radical (unpaired) electrons. The highest BCUT2D eigenvalue weighted by Gasteiger charge is 2.61. The standard InChI is InChI=1S/C23H32O3S/c1-4-20(24)26-19-7-5-6-14-8-9-15-16-10-11-18(21(25)27)22(16,2)13-12-17(15)23(14,19)3/h6-7,15-18H,4-5,8-13H2,1-3H3,(H,25,27)/t15-,16-,17-,18+,22-,23-/m0/s1. The summed E-state index contributed by atoms with van der Waals surface area (Å²) in [5.41, 5.74) is 1.40. The van der Waals surface area contributed by atoms with E-state index in [2.05, 4.69) is 38.6 Å². The van der Waals surface area contributed by atoms with Crippen molar-refractivity contribution in [2.24, 2.45) is 34.5 Å². The predicted molar refractivity (Wildman–Crippen MR) is 109 cm³/mol. The fraction of sp³-hybridized carbons (Fsp3) is 0.739. The molecule has 0 heterocycles. The predicted octanol–water partition coefficient (Wildman–Crippen LogP) is 5.47. The topological polar surface area (TPSA) is 43.4 Å². The molecule has 0 saturated heterocycles. The minimum Gasteiger partial charge on any atom is -0.430 e. The van der Waals surface area contributed by atoms with Crippen molar-refractivity contribution in [3.63, 3.8) is 0 Å². The molecule has 0 amide bonds. The molecule has 4 aliphatic carbocycles. The number of carbonyl (C=O) groups is 2. The van der Waals surface area contributed by atoms with Crippen LogP contribution in [0.25, 0.3) is 0 Å². The first-order valence-electron chi connectivity index (χ1n) is 10.7. The van der Waals surface area contributed by atoms with Gasteiger partial charge in [-0.1, -0.05) is 25.5 Å². The largest absolute Gasteiger partial charge is 0.430 e. The van der Waals surface area contributed by atoms with Crippen LogP contribution in [0.15, 0.2) is 23.5 Å². The molecule has 0 N–H and O–H groups in total. The molecule has 0 spiro atoms. The zero-order chi connectivity index (χ0) is 19.4. The maximum absolute atomic E-state index is 12.2. The van der Waals surface area contributed by atoms with Gasteiger partial charge in [-0.15, -0.1) is 12.6 Å². The van der Waals surface area contributed by atoms with Gasteiger partial charge >= 0.3 is 5.97 Å². The summed E-state index contributed by atoms with van der Waals surface area (Å²) in [6.45, 7) is 6.50. The Kier molecular flexibility index (Phi) is 4.85. The number of fused-ring (bicyclic) bond motifs is 5. The summed E-state index contributed by atoms with van der Waals surface area (Å²) >= 11 is 4.22. The molecule has 0 unspecified atom stereocenters. The average Bonchev–Trinajstić information content (AvgIpc) is 2.99. The van der Waals surface area contributed by atoms with Gasteiger partial charge < -0.3 is 4.74 Å². The summed E-state index contributed by atoms with van der Waals surface area (Å²) in [7, 11) is 0. The molecule has 6 atom stereocenters. The Labute approximate surface area is 168 Å². The lowest BCUT2D eigenvalue weighted by molar-refractivity contribution is -0.143. The quantitative estimate of drug-likeness (QED) is 0.396. The van der Waals surface area contributed by atoms with E-state index in [1.165, 1.54) is 12.0 Å². The highest BCUT2D eigenvalue weighted by atomic mass is 32.1. The van der Waals surface area contributed by atoms with Crippen molar-refractivity contribution >= 4 is 23.7 Å². The van der Waals surface area contributed by atoms with E-state index < -0.39 is 0 Å². The molecular weight excluding hydrogens is 356 g/mol. The maximum atomic E-state index is 12.2. The van der Waals surface area contributed by atoms with Crippen LogP contribution >= 0.6 is 12.6 Å². The SMILES string of the molecule is CCC(=O)OC1=CCC=C2CC[C@@H]3[C@H](CC[C@]4(C)[C@@H](C(=O)S)CC[C@@H]34)[C@]21C. The van der Waals surface area contributed by atoms with Crippen molar-refractivity contribution in [2.75, 3.05) is 0 Å². The molecule has 3 fully saturated rings. The second-order valence-electron chi connectivity index (χ2n) is 9.49. The molecule has 4 aliphatic rings. The number of rotatable bonds is 3. The normalized spacial score (nSPS) is 43.0. The fourth-order valence-electron chi connectivity index (χ4n) is 7.15. The van der Waals surface area contributed by atoms with Gasteiger partial charge in [-0.05, 0) is 81.1 Å². The number of hydrogen-bond donors (Lipinski definition) is 1. The Bertz CT molecular complexity index is 723. The monoisotopic (exact) mass is 388 g/mol. The van der Waals surface area contributed by atoms with Gasteiger partial charge in [0, 0.05) is 17.8 Å². The van der Waals surface area contributed by atoms with Gasteiger partial charge in [0.1, 0.15) is 5.76 Å². The van der Waals surface area contributed by atoms with E-state index in [1.807, 2.05) is 6.92 Å². The van der Waals surface area contributed by atoms with Crippen LogP contribution < -0.4 is 0 Å². The summed E-state index contributed by atoms with van der Waals surface area (Å²) < 4.78 is 5.87. The third-order valence-electron chi connectivity index (χ3n) is 8.58. The van der Waals surface area contributed by atoms with Gasteiger partial charge in [0.15, 0.2) is 5.12 Å². The van der Waals surface area contributed by atoms with Crippen LogP contribution in [-0.4, -0.2) is 11.1 Å². The summed E-state index contributed by atoms with van der Waals surface area (Å²) in [5, 5.41) is 0.0798. The summed E-state index contributed by atoms with van der Waals surface area (Å²) in [5.74, 6) is 2.56. The summed E-state index contributed by atoms with van der Waals surface area (Å²) in [4.78, 5) is 24.2. The molecule has 0 aromatic carbocycles. The zero-order valence-electron chi connectivity index (χ0n) is 16.8. The molecule has 4 heteroatoms. The Hall–Kier alpha value is -1.03. The Morgan fingerprint density at radius 3 is 2.63 bits per heavy atom. The van der Waals surface area contributed by atoms with E-state index in [0.29, 0.717) is 24.2 Å². The maximum Gasteiger partial charge on any atom is 0.310 e. The van der Waals surface area contributed by atoms with Gasteiger partial charge in [0.25, 0.3) is 0 Å². The lowest BCUT2D eigenvalue weighted by Gasteiger charge is -2.57. The number of allylic oxidation sites excluding steroid dienone is 3. The highest BCUT2D eigenvalue weighted by molar-refractivity contribution is 7.96. The van der Waals surface area contributed by atoms with E-state index in [-0.39, 0.29) is 27.8 Å². The first kappa shape index (κ1) is 19.3. The summed E-state index contributed by atoms with van der Waals surface area (Å²) in [6.07, 6.45) is 12.4. The molecule has 3 saturated carbocycles. The van der Waals surface area contributed by atoms with Crippen LogP contribution in [0.5, 0.6) is 0 Å². The van der Waals surface area contributed by atoms with Crippen LogP contribution in [0.1, 0.15) is 72.1 Å². The average molecular weight is 389 g/mol. The minimum absolute atomic E-state index is 0.0798. The fourth-order valence-corrected chi connectivity index (χ4v) is 7.57. The van der Waals surface area contributed by atoms with Gasteiger partial charge in [0.2, 0.25) is 0 Å². The van der Waals surface area contributed by atoms with E-state index in [4.69, 9.17) is 4.74 Å². The molecule has 4 rings (SSSR count). The summed E-state index contributed by atoms with van der Waals surface area (Å²) in [6, 6.07) is 0. The third kappa shape index (κ3) is 2.77. The van der Waals surface area contributed by atoms with E-state index in [1.54, 1.807) is 0 Å². The third-order valence-corrected chi connectivity index (χ3v) is 8.89. The van der Waals surface area contributed by atoms with Gasteiger partial charge in [0.05, 0.1) is 0 Å². The molecule has 27 heavy (non-hydrogen) atoms. The van der Waals surface area contributed by atoms with Crippen molar-refractivity contribution in [1.29, 1.82) is 0 Å². The van der Waals surface area contributed by atoms with Crippen LogP contribution in [-0.2, 0) is 14.3 Å². The van der Waals surface area contributed by atoms with Crippen molar-refractivity contribution in [1.82, 2.24) is 0 Å². The first-order chi connectivity index (χ1) is 12.8. The minimum atomic E-state index is -0.156. The smallest absolute Gasteiger partial charge is 0.310 e. The van der Waals surface area contributed by atoms with Crippen molar-refractivity contribution in [2.45, 2.75) is 72.1 Å². The lowest BCUT2D eigenvalue weighted by atomic mass is 9.47. The molecule has 3 nitrogen and oxygen atoms in total. The van der Waals surface area contributed by atoms with Crippen LogP contribution in [0.2, 0.25) is 0 Å².